The molecule has 1 unspecified atom stereocenters. The summed E-state index contributed by atoms with van der Waals surface area (Å²) in [6.07, 6.45) is -0.832. The molecular weight excluding hydrogens is 522 g/mol. The fraction of sp³-hybridized carbons (Fsp3) is 0.577. The zero-order valence-electron chi connectivity index (χ0n) is 22.1. The highest BCUT2D eigenvalue weighted by atomic mass is 19.4. The van der Waals surface area contributed by atoms with E-state index in [1.165, 1.54) is 13.0 Å². The van der Waals surface area contributed by atoms with Gasteiger partial charge < -0.3 is 15.5 Å². The Labute approximate surface area is 222 Å². The molecule has 4 rings (SSSR count). The summed E-state index contributed by atoms with van der Waals surface area (Å²) in [5, 5.41) is 12.5. The first-order chi connectivity index (χ1) is 18.3. The van der Waals surface area contributed by atoms with Crippen LogP contribution in [0.3, 0.4) is 0 Å². The number of benzene rings is 1. The molecule has 1 aromatic carbocycles. The van der Waals surface area contributed by atoms with E-state index in [2.05, 4.69) is 25.6 Å². The number of aryl methyl sites for hydroxylation is 2. The number of nitrogens with one attached hydrogen (secondary N) is 2. The molecule has 9 nitrogen and oxygen atoms in total. The third-order valence-corrected chi connectivity index (χ3v) is 7.40. The van der Waals surface area contributed by atoms with E-state index in [1.54, 1.807) is 13.8 Å². The van der Waals surface area contributed by atoms with Crippen molar-refractivity contribution in [2.75, 3.05) is 18.9 Å². The van der Waals surface area contributed by atoms with Gasteiger partial charge >= 0.3 is 6.18 Å². The molecule has 0 saturated heterocycles. The topological polar surface area (TPSA) is 117 Å². The quantitative estimate of drug-likeness (QED) is 0.428. The second-order valence-electron chi connectivity index (χ2n) is 10.6. The number of carbonyl (C=O) groups excluding carboxylic acids is 3. The summed E-state index contributed by atoms with van der Waals surface area (Å²) < 4.78 is 58.0. The monoisotopic (exact) mass is 553 g/mol. The van der Waals surface area contributed by atoms with E-state index in [0.717, 1.165) is 38.8 Å². The highest BCUT2D eigenvalue weighted by Crippen LogP contribution is 2.51. The molecule has 39 heavy (non-hydrogen) atoms. The lowest BCUT2D eigenvalue weighted by Gasteiger charge is -2.27. The number of likely N-dealkylation sites (N-methyl/N-ethyl adjacent to an activating group) is 1. The minimum absolute atomic E-state index is 0.0429. The van der Waals surface area contributed by atoms with E-state index >= 15 is 4.39 Å². The summed E-state index contributed by atoms with van der Waals surface area (Å²) in [7, 11) is 1.04. The Hall–Kier alpha value is -3.51. The molecule has 2 saturated carbocycles. The number of carbonyl (C=O) groups is 3. The third kappa shape index (κ3) is 6.74. The van der Waals surface area contributed by atoms with E-state index in [4.69, 9.17) is 0 Å². The molecule has 0 radical (unpaired) electrons. The Kier molecular flexibility index (Phi) is 7.99. The van der Waals surface area contributed by atoms with Crippen LogP contribution in [0.25, 0.3) is 0 Å². The third-order valence-electron chi connectivity index (χ3n) is 7.40. The summed E-state index contributed by atoms with van der Waals surface area (Å²) in [6.45, 7) is 3.10. The van der Waals surface area contributed by atoms with E-state index in [9.17, 15) is 27.6 Å². The van der Waals surface area contributed by atoms with Crippen LogP contribution in [0.5, 0.6) is 0 Å². The molecule has 13 heteroatoms. The van der Waals surface area contributed by atoms with Crippen LogP contribution in [-0.2, 0) is 9.59 Å². The van der Waals surface area contributed by atoms with Gasteiger partial charge in [0.1, 0.15) is 24.1 Å². The van der Waals surface area contributed by atoms with Crippen molar-refractivity contribution in [3.05, 3.63) is 40.5 Å². The fourth-order valence-corrected chi connectivity index (χ4v) is 5.16. The van der Waals surface area contributed by atoms with Gasteiger partial charge in [0.25, 0.3) is 5.91 Å². The molecule has 2 aliphatic carbocycles. The number of halogens is 4. The average molecular weight is 554 g/mol. The summed E-state index contributed by atoms with van der Waals surface area (Å²) in [6, 6.07) is 1.43. The maximum Gasteiger partial charge on any atom is 0.406 e. The minimum Gasteiger partial charge on any atom is -0.338 e. The molecule has 2 fully saturated rings. The number of hydrogen-bond donors (Lipinski definition) is 2. The van der Waals surface area contributed by atoms with Crippen molar-refractivity contribution in [3.8, 4) is 0 Å². The lowest BCUT2D eigenvalue weighted by molar-refractivity contribution is -0.159. The SMILES string of the molecule is Cc1cc(NC(=O)[C@@H](NC(=O)c2nonc2C)C(C2CC2)C2CC2)c(F)cc1C(C)C(=O)N(C)CC(F)(F)F. The van der Waals surface area contributed by atoms with Crippen molar-refractivity contribution in [2.24, 2.45) is 17.8 Å². The van der Waals surface area contributed by atoms with Crippen LogP contribution in [-0.4, -0.2) is 58.7 Å². The highest BCUT2D eigenvalue weighted by Gasteiger charge is 2.48. The molecule has 212 valence electrons. The largest absolute Gasteiger partial charge is 0.406 e. The maximum absolute atomic E-state index is 15.2. The van der Waals surface area contributed by atoms with Crippen molar-refractivity contribution >= 4 is 23.4 Å². The molecule has 0 spiro atoms. The minimum atomic E-state index is -4.56. The van der Waals surface area contributed by atoms with Crippen molar-refractivity contribution < 1.29 is 36.6 Å². The van der Waals surface area contributed by atoms with E-state index in [-0.39, 0.29) is 40.4 Å². The lowest BCUT2D eigenvalue weighted by atomic mass is 9.88. The van der Waals surface area contributed by atoms with E-state index in [0.29, 0.717) is 10.5 Å². The van der Waals surface area contributed by atoms with Gasteiger partial charge in [0.05, 0.1) is 11.6 Å². The Bertz CT molecular complexity index is 1240. The van der Waals surface area contributed by atoms with Crippen LogP contribution in [0, 0.1) is 37.4 Å². The molecule has 2 aromatic rings. The second-order valence-corrected chi connectivity index (χ2v) is 10.6. The number of rotatable bonds is 10. The number of hydrogen-bond acceptors (Lipinski definition) is 6. The van der Waals surface area contributed by atoms with Gasteiger partial charge in [-0.2, -0.15) is 13.2 Å². The molecule has 1 aromatic heterocycles. The van der Waals surface area contributed by atoms with Crippen molar-refractivity contribution in [2.45, 2.75) is 64.6 Å². The number of anilines is 1. The van der Waals surface area contributed by atoms with Gasteiger partial charge in [0.2, 0.25) is 11.8 Å². The highest BCUT2D eigenvalue weighted by molar-refractivity contribution is 6.01. The van der Waals surface area contributed by atoms with Gasteiger partial charge in [-0.15, -0.1) is 0 Å². The second kappa shape index (κ2) is 10.9. The van der Waals surface area contributed by atoms with Gasteiger partial charge in [-0.25, -0.2) is 9.02 Å². The number of aromatic nitrogens is 2. The average Bonchev–Trinajstić information content (AvgIpc) is 3.78. The number of amides is 3. The summed E-state index contributed by atoms with van der Waals surface area (Å²) in [5.74, 6) is -3.53. The van der Waals surface area contributed by atoms with Crippen LogP contribution >= 0.6 is 0 Å². The van der Waals surface area contributed by atoms with E-state index in [1.807, 2.05) is 0 Å². The molecule has 2 aliphatic rings. The summed E-state index contributed by atoms with van der Waals surface area (Å²) in [5.41, 5.74) is 0.686. The smallest absolute Gasteiger partial charge is 0.338 e. The Morgan fingerprint density at radius 1 is 1.10 bits per heavy atom. The number of nitrogens with zero attached hydrogens (tertiary/aromatic N) is 3. The molecule has 2 atom stereocenters. The molecule has 0 bridgehead atoms. The van der Waals surface area contributed by atoms with Crippen molar-refractivity contribution in [3.63, 3.8) is 0 Å². The lowest BCUT2D eigenvalue weighted by Crippen LogP contribution is -2.50. The fourth-order valence-electron chi connectivity index (χ4n) is 5.16. The van der Waals surface area contributed by atoms with Crippen LogP contribution in [0.1, 0.15) is 65.8 Å². The van der Waals surface area contributed by atoms with Crippen LogP contribution in [0.4, 0.5) is 23.2 Å². The van der Waals surface area contributed by atoms with Crippen molar-refractivity contribution in [1.82, 2.24) is 20.5 Å². The summed E-state index contributed by atoms with van der Waals surface area (Å²) >= 11 is 0. The zero-order chi connectivity index (χ0) is 28.6. The van der Waals surface area contributed by atoms with Gasteiger partial charge in [-0.3, -0.25) is 14.4 Å². The van der Waals surface area contributed by atoms with Gasteiger partial charge in [0.15, 0.2) is 5.69 Å². The molecule has 3 amide bonds. The molecular formula is C26H31F4N5O4. The predicted molar refractivity (Wildman–Crippen MR) is 131 cm³/mol. The first-order valence-corrected chi connectivity index (χ1v) is 12.8. The Balaban J connectivity index is 1.54. The van der Waals surface area contributed by atoms with Crippen LogP contribution in [0.2, 0.25) is 0 Å². The summed E-state index contributed by atoms with van der Waals surface area (Å²) in [4.78, 5) is 39.5. The maximum atomic E-state index is 15.2. The Morgan fingerprint density at radius 3 is 2.23 bits per heavy atom. The first-order valence-electron chi connectivity index (χ1n) is 12.8. The normalized spacial score (nSPS) is 17.1. The van der Waals surface area contributed by atoms with Gasteiger partial charge in [0, 0.05) is 7.05 Å². The van der Waals surface area contributed by atoms with Gasteiger partial charge in [-0.1, -0.05) is 5.16 Å². The van der Waals surface area contributed by atoms with Crippen LogP contribution in [0.15, 0.2) is 16.8 Å². The zero-order valence-corrected chi connectivity index (χ0v) is 22.1. The van der Waals surface area contributed by atoms with Gasteiger partial charge in [-0.05, 0) is 92.6 Å². The van der Waals surface area contributed by atoms with Crippen LogP contribution < -0.4 is 10.6 Å². The number of alkyl halides is 3. The molecule has 2 N–H and O–H groups in total. The van der Waals surface area contributed by atoms with Crippen molar-refractivity contribution in [1.29, 1.82) is 0 Å². The van der Waals surface area contributed by atoms with E-state index < -0.39 is 48.2 Å². The standard InChI is InChI=1S/C26H31F4N5O4/c1-12-9-19(18(27)10-17(12)13(2)25(38)35(4)11-26(28,29)30)31-24(37)22(20(15-5-6-15)16-7-8-16)32-23(36)21-14(3)33-39-34-21/h9-10,13,15-16,20,22H,5-8,11H2,1-4H3,(H,31,37)(H,32,36)/t13?,22-/m0/s1. The molecule has 0 aliphatic heterocycles. The Morgan fingerprint density at radius 2 is 1.72 bits per heavy atom. The molecule has 1 heterocycles. The predicted octanol–water partition coefficient (Wildman–Crippen LogP) is 4.12. The first kappa shape index (κ1) is 28.5.